The van der Waals surface area contributed by atoms with Gasteiger partial charge in [-0.3, -0.25) is 4.79 Å². The third-order valence-corrected chi connectivity index (χ3v) is 5.74. The number of benzene rings is 1. The van der Waals surface area contributed by atoms with Gasteiger partial charge in [0.2, 0.25) is 17.6 Å². The van der Waals surface area contributed by atoms with Crippen LogP contribution in [0, 0.1) is 0 Å². The van der Waals surface area contributed by atoms with Gasteiger partial charge in [-0.2, -0.15) is 4.98 Å². The zero-order valence-electron chi connectivity index (χ0n) is 14.8. The Morgan fingerprint density at radius 1 is 1.32 bits per heavy atom. The van der Waals surface area contributed by atoms with Crippen molar-refractivity contribution in [3.8, 4) is 11.4 Å². The highest BCUT2D eigenvalue weighted by atomic mass is 32.2. The summed E-state index contributed by atoms with van der Waals surface area (Å²) >= 11 is 1.53. The van der Waals surface area contributed by atoms with Crippen molar-refractivity contribution in [3.05, 3.63) is 35.7 Å². The Kier molecular flexibility index (Phi) is 6.13. The fourth-order valence-electron chi connectivity index (χ4n) is 2.98. The van der Waals surface area contributed by atoms with E-state index in [1.807, 2.05) is 19.1 Å². The Morgan fingerprint density at radius 2 is 2.04 bits per heavy atom. The number of hydrogen-bond acceptors (Lipinski definition) is 5. The van der Waals surface area contributed by atoms with Crippen LogP contribution in [0.1, 0.15) is 51.0 Å². The van der Waals surface area contributed by atoms with Crippen LogP contribution >= 0.6 is 11.8 Å². The molecular formula is C19H25N3O2S. The molecule has 1 N–H and O–H groups in total. The molecule has 1 aliphatic carbocycles. The number of rotatable bonds is 7. The summed E-state index contributed by atoms with van der Waals surface area (Å²) in [5, 5.41) is 7.05. The lowest BCUT2D eigenvalue weighted by Gasteiger charge is -2.15. The molecule has 0 saturated heterocycles. The van der Waals surface area contributed by atoms with Crippen LogP contribution < -0.4 is 5.32 Å². The fraction of sp³-hybridized carbons (Fsp3) is 0.526. The number of nitrogens with one attached hydrogen (secondary N) is 1. The molecule has 1 unspecified atom stereocenters. The first-order valence-electron chi connectivity index (χ1n) is 8.99. The summed E-state index contributed by atoms with van der Waals surface area (Å²) in [7, 11) is 0. The fourth-order valence-corrected chi connectivity index (χ4v) is 3.71. The van der Waals surface area contributed by atoms with Crippen molar-refractivity contribution in [2.45, 2.75) is 63.0 Å². The number of carbonyl (C=O) groups is 1. The molecule has 5 nitrogen and oxygen atoms in total. The lowest BCUT2D eigenvalue weighted by molar-refractivity contribution is -0.120. The molecule has 1 atom stereocenters. The second-order valence-electron chi connectivity index (χ2n) is 6.51. The van der Waals surface area contributed by atoms with E-state index in [-0.39, 0.29) is 11.2 Å². The molecule has 6 heteroatoms. The van der Waals surface area contributed by atoms with Crippen LogP contribution in [0.25, 0.3) is 11.4 Å². The van der Waals surface area contributed by atoms with Crippen molar-refractivity contribution in [3.63, 3.8) is 0 Å². The van der Waals surface area contributed by atoms with Gasteiger partial charge in [0.05, 0.1) is 11.0 Å². The maximum atomic E-state index is 12.2. The Morgan fingerprint density at radius 3 is 2.72 bits per heavy atom. The predicted octanol–water partition coefficient (Wildman–Crippen LogP) is 3.98. The van der Waals surface area contributed by atoms with Crippen LogP contribution in [0.4, 0.5) is 0 Å². The first-order chi connectivity index (χ1) is 12.2. The van der Waals surface area contributed by atoms with Gasteiger partial charge in [0, 0.05) is 11.6 Å². The molecule has 1 aromatic heterocycles. The molecule has 0 bridgehead atoms. The molecule has 1 aromatic carbocycles. The first-order valence-corrected chi connectivity index (χ1v) is 10.0. The van der Waals surface area contributed by atoms with Crippen LogP contribution in [0.15, 0.2) is 28.8 Å². The van der Waals surface area contributed by atoms with Crippen LogP contribution in [-0.4, -0.2) is 27.3 Å². The van der Waals surface area contributed by atoms with Crippen LogP contribution in [0.2, 0.25) is 0 Å². The van der Waals surface area contributed by atoms with E-state index >= 15 is 0 Å². The lowest BCUT2D eigenvalue weighted by atomic mass is 10.1. The van der Waals surface area contributed by atoms with Gasteiger partial charge in [0.15, 0.2) is 0 Å². The van der Waals surface area contributed by atoms with Gasteiger partial charge in [-0.1, -0.05) is 49.2 Å². The highest BCUT2D eigenvalue weighted by Crippen LogP contribution is 2.22. The third kappa shape index (κ3) is 4.84. The maximum Gasteiger partial charge on any atom is 0.236 e. The molecule has 1 fully saturated rings. The van der Waals surface area contributed by atoms with E-state index in [0.717, 1.165) is 24.8 Å². The molecule has 0 radical (unpaired) electrons. The Hall–Kier alpha value is -1.82. The van der Waals surface area contributed by atoms with E-state index in [9.17, 15) is 4.79 Å². The summed E-state index contributed by atoms with van der Waals surface area (Å²) in [6, 6.07) is 8.54. The molecule has 134 valence electrons. The van der Waals surface area contributed by atoms with Gasteiger partial charge in [0.1, 0.15) is 0 Å². The standard InChI is InChI=1S/C19H25N3O2S/c1-3-14-8-10-15(11-9-14)18-21-17(24-22-18)12-25-13(2)19(23)20-16-6-4-5-7-16/h8-11,13,16H,3-7,12H2,1-2H3,(H,20,23). The Balaban J connectivity index is 1.51. The molecule has 3 rings (SSSR count). The molecule has 0 spiro atoms. The smallest absolute Gasteiger partial charge is 0.236 e. The van der Waals surface area contributed by atoms with Gasteiger partial charge in [-0.25, -0.2) is 0 Å². The van der Waals surface area contributed by atoms with Gasteiger partial charge < -0.3 is 9.84 Å². The summed E-state index contributed by atoms with van der Waals surface area (Å²) in [5.74, 6) is 1.80. The molecule has 0 aliphatic heterocycles. The number of amides is 1. The number of hydrogen-bond donors (Lipinski definition) is 1. The molecule has 2 aromatic rings. The summed E-state index contributed by atoms with van der Waals surface area (Å²) in [4.78, 5) is 16.6. The van der Waals surface area contributed by atoms with E-state index < -0.39 is 0 Å². The number of aryl methyl sites for hydroxylation is 1. The van der Waals surface area contributed by atoms with E-state index in [2.05, 4.69) is 34.5 Å². The molecule has 25 heavy (non-hydrogen) atoms. The van der Waals surface area contributed by atoms with Crippen LogP contribution in [0.5, 0.6) is 0 Å². The van der Waals surface area contributed by atoms with Crippen molar-refractivity contribution in [2.24, 2.45) is 0 Å². The molecular weight excluding hydrogens is 334 g/mol. The van der Waals surface area contributed by atoms with Crippen molar-refractivity contribution in [1.29, 1.82) is 0 Å². The first kappa shape index (κ1) is 18.0. The van der Waals surface area contributed by atoms with Crippen molar-refractivity contribution in [1.82, 2.24) is 15.5 Å². The van der Waals surface area contributed by atoms with E-state index in [4.69, 9.17) is 4.52 Å². The molecule has 1 saturated carbocycles. The quantitative estimate of drug-likeness (QED) is 0.810. The van der Waals surface area contributed by atoms with Crippen molar-refractivity contribution < 1.29 is 9.32 Å². The second-order valence-corrected chi connectivity index (χ2v) is 7.83. The summed E-state index contributed by atoms with van der Waals surface area (Å²) in [5.41, 5.74) is 2.23. The van der Waals surface area contributed by atoms with Gasteiger partial charge in [0.25, 0.3) is 0 Å². The van der Waals surface area contributed by atoms with Crippen molar-refractivity contribution >= 4 is 17.7 Å². The average molecular weight is 359 g/mol. The van der Waals surface area contributed by atoms with Crippen LogP contribution in [0.3, 0.4) is 0 Å². The summed E-state index contributed by atoms with van der Waals surface area (Å²) < 4.78 is 5.33. The maximum absolute atomic E-state index is 12.2. The van der Waals surface area contributed by atoms with E-state index in [0.29, 0.717) is 23.5 Å². The largest absolute Gasteiger partial charge is 0.352 e. The van der Waals surface area contributed by atoms with Gasteiger partial charge >= 0.3 is 0 Å². The molecule has 1 aliphatic rings. The summed E-state index contributed by atoms with van der Waals surface area (Å²) in [6.07, 6.45) is 5.65. The van der Waals surface area contributed by atoms with Gasteiger partial charge in [-0.15, -0.1) is 11.8 Å². The minimum absolute atomic E-state index is 0.104. The topological polar surface area (TPSA) is 68.0 Å². The highest BCUT2D eigenvalue weighted by molar-refractivity contribution is 7.99. The Labute approximate surface area is 153 Å². The predicted molar refractivity (Wildman–Crippen MR) is 100 cm³/mol. The van der Waals surface area contributed by atoms with Gasteiger partial charge in [-0.05, 0) is 31.7 Å². The Bertz CT molecular complexity index is 693. The van der Waals surface area contributed by atoms with Crippen molar-refractivity contribution in [2.75, 3.05) is 0 Å². The number of aromatic nitrogens is 2. The number of thioether (sulfide) groups is 1. The van der Waals surface area contributed by atoms with E-state index in [1.165, 1.54) is 30.2 Å². The minimum Gasteiger partial charge on any atom is -0.352 e. The minimum atomic E-state index is -0.125. The van der Waals surface area contributed by atoms with E-state index in [1.54, 1.807) is 0 Å². The average Bonchev–Trinajstić information content (AvgIpc) is 3.31. The summed E-state index contributed by atoms with van der Waals surface area (Å²) in [6.45, 7) is 4.05. The lowest BCUT2D eigenvalue weighted by Crippen LogP contribution is -2.37. The van der Waals surface area contributed by atoms with Crippen LogP contribution in [-0.2, 0) is 17.0 Å². The monoisotopic (exact) mass is 359 g/mol. The zero-order chi connectivity index (χ0) is 17.6. The molecule has 1 heterocycles. The number of carbonyl (C=O) groups excluding carboxylic acids is 1. The molecule has 1 amide bonds. The second kappa shape index (κ2) is 8.52. The zero-order valence-corrected chi connectivity index (χ0v) is 15.6. The number of nitrogens with zero attached hydrogens (tertiary/aromatic N) is 2. The highest BCUT2D eigenvalue weighted by Gasteiger charge is 2.21. The SMILES string of the molecule is CCc1ccc(-c2noc(CSC(C)C(=O)NC3CCCC3)n2)cc1. The normalized spacial score (nSPS) is 16.1. The third-order valence-electron chi connectivity index (χ3n) is 4.62.